The summed E-state index contributed by atoms with van der Waals surface area (Å²) in [5, 5.41) is 9.02. The van der Waals surface area contributed by atoms with Gasteiger partial charge in [-0.15, -0.1) is 0 Å². The molecule has 0 amide bonds. The van der Waals surface area contributed by atoms with Crippen molar-refractivity contribution in [2.45, 2.75) is 37.8 Å². The van der Waals surface area contributed by atoms with E-state index in [2.05, 4.69) is 4.90 Å². The van der Waals surface area contributed by atoms with Gasteiger partial charge in [-0.1, -0.05) is 0 Å². The van der Waals surface area contributed by atoms with Crippen LogP contribution in [0, 0.1) is 5.92 Å². The molecule has 2 fully saturated rings. The second-order valence-corrected chi connectivity index (χ2v) is 4.62. The lowest BCUT2D eigenvalue weighted by Gasteiger charge is -2.34. The SMILES string of the molecule is COC(C(=O)O)C1CCCN(C2CC2)C1. The van der Waals surface area contributed by atoms with Crippen molar-refractivity contribution in [3.8, 4) is 0 Å². The van der Waals surface area contributed by atoms with Gasteiger partial charge in [0, 0.05) is 25.6 Å². The Morgan fingerprint density at radius 3 is 2.73 bits per heavy atom. The maximum atomic E-state index is 11.0. The van der Waals surface area contributed by atoms with Gasteiger partial charge in [-0.2, -0.15) is 0 Å². The first-order valence-corrected chi connectivity index (χ1v) is 5.72. The lowest BCUT2D eigenvalue weighted by molar-refractivity contribution is -0.153. The molecule has 4 nitrogen and oxygen atoms in total. The summed E-state index contributed by atoms with van der Waals surface area (Å²) in [4.78, 5) is 13.4. The highest BCUT2D eigenvalue weighted by Crippen LogP contribution is 2.32. The number of methoxy groups -OCH3 is 1. The quantitative estimate of drug-likeness (QED) is 0.755. The predicted octanol–water partition coefficient (Wildman–Crippen LogP) is 0.960. The molecule has 1 heterocycles. The average Bonchev–Trinajstić information content (AvgIpc) is 3.02. The lowest BCUT2D eigenvalue weighted by Crippen LogP contribution is -2.44. The van der Waals surface area contributed by atoms with Crippen molar-refractivity contribution < 1.29 is 14.6 Å². The minimum atomic E-state index is -0.819. The molecule has 1 saturated carbocycles. The number of piperidine rings is 1. The van der Waals surface area contributed by atoms with Crippen LogP contribution >= 0.6 is 0 Å². The molecular weight excluding hydrogens is 194 g/mol. The third kappa shape index (κ3) is 2.49. The van der Waals surface area contributed by atoms with Gasteiger partial charge in [-0.25, -0.2) is 4.79 Å². The maximum Gasteiger partial charge on any atom is 0.333 e. The zero-order valence-corrected chi connectivity index (χ0v) is 9.19. The van der Waals surface area contributed by atoms with Gasteiger partial charge in [0.2, 0.25) is 0 Å². The van der Waals surface area contributed by atoms with Crippen LogP contribution in [-0.2, 0) is 9.53 Å². The minimum absolute atomic E-state index is 0.168. The summed E-state index contributed by atoms with van der Waals surface area (Å²) < 4.78 is 5.07. The number of likely N-dealkylation sites (tertiary alicyclic amines) is 1. The Balaban J connectivity index is 1.92. The molecule has 0 aromatic rings. The van der Waals surface area contributed by atoms with Crippen molar-refractivity contribution in [2.24, 2.45) is 5.92 Å². The van der Waals surface area contributed by atoms with Crippen LogP contribution in [0.1, 0.15) is 25.7 Å². The Labute approximate surface area is 90.2 Å². The van der Waals surface area contributed by atoms with E-state index in [1.807, 2.05) is 0 Å². The number of carboxylic acids is 1. The van der Waals surface area contributed by atoms with Crippen molar-refractivity contribution in [1.29, 1.82) is 0 Å². The van der Waals surface area contributed by atoms with Gasteiger partial charge in [-0.3, -0.25) is 4.90 Å². The Kier molecular flexibility index (Phi) is 3.26. The highest BCUT2D eigenvalue weighted by atomic mass is 16.5. The summed E-state index contributed by atoms with van der Waals surface area (Å²) in [6, 6.07) is 0.735. The third-order valence-electron chi connectivity index (χ3n) is 3.48. The van der Waals surface area contributed by atoms with E-state index < -0.39 is 12.1 Å². The highest BCUT2D eigenvalue weighted by molar-refractivity contribution is 5.72. The number of hydrogen-bond acceptors (Lipinski definition) is 3. The number of aliphatic carboxylic acids is 1. The van der Waals surface area contributed by atoms with Crippen LogP contribution in [0.2, 0.25) is 0 Å². The second kappa shape index (κ2) is 4.49. The molecule has 0 aromatic heterocycles. The first kappa shape index (κ1) is 10.9. The van der Waals surface area contributed by atoms with Crippen LogP contribution < -0.4 is 0 Å². The number of nitrogens with zero attached hydrogens (tertiary/aromatic N) is 1. The van der Waals surface area contributed by atoms with Crippen molar-refractivity contribution in [1.82, 2.24) is 4.90 Å². The van der Waals surface area contributed by atoms with E-state index >= 15 is 0 Å². The normalized spacial score (nSPS) is 30.1. The third-order valence-corrected chi connectivity index (χ3v) is 3.48. The fourth-order valence-electron chi connectivity index (χ4n) is 2.55. The number of rotatable bonds is 4. The Morgan fingerprint density at radius 1 is 1.47 bits per heavy atom. The Bertz CT molecular complexity index is 240. The molecule has 0 spiro atoms. The van der Waals surface area contributed by atoms with Gasteiger partial charge in [-0.05, 0) is 32.2 Å². The van der Waals surface area contributed by atoms with Gasteiger partial charge in [0.15, 0.2) is 6.10 Å². The van der Waals surface area contributed by atoms with E-state index in [1.165, 1.54) is 20.0 Å². The Hall–Kier alpha value is -0.610. The van der Waals surface area contributed by atoms with E-state index in [0.29, 0.717) is 0 Å². The number of carboxylic acid groups (broad SMARTS) is 1. The molecule has 0 aromatic carbocycles. The first-order valence-electron chi connectivity index (χ1n) is 5.72. The zero-order chi connectivity index (χ0) is 10.8. The Morgan fingerprint density at radius 2 is 2.20 bits per heavy atom. The summed E-state index contributed by atoms with van der Waals surface area (Å²) in [6.45, 7) is 2.03. The fraction of sp³-hybridized carbons (Fsp3) is 0.909. The van der Waals surface area contributed by atoms with Gasteiger partial charge in [0.05, 0.1) is 0 Å². The molecule has 86 valence electrons. The molecule has 2 unspecified atom stereocenters. The lowest BCUT2D eigenvalue weighted by atomic mass is 9.92. The standard InChI is InChI=1S/C11H19NO3/c1-15-10(11(13)14)8-3-2-6-12(7-8)9-4-5-9/h8-10H,2-7H2,1H3,(H,13,14). The van der Waals surface area contributed by atoms with E-state index in [1.54, 1.807) is 0 Å². The molecule has 1 saturated heterocycles. The molecule has 1 aliphatic heterocycles. The number of ether oxygens (including phenoxy) is 1. The monoisotopic (exact) mass is 213 g/mol. The van der Waals surface area contributed by atoms with Crippen LogP contribution in [0.15, 0.2) is 0 Å². The van der Waals surface area contributed by atoms with Crippen molar-refractivity contribution in [3.63, 3.8) is 0 Å². The van der Waals surface area contributed by atoms with E-state index in [9.17, 15) is 4.79 Å². The zero-order valence-electron chi connectivity index (χ0n) is 9.19. The van der Waals surface area contributed by atoms with Gasteiger partial charge in [0.25, 0.3) is 0 Å². The van der Waals surface area contributed by atoms with Crippen LogP contribution in [0.3, 0.4) is 0 Å². The van der Waals surface area contributed by atoms with Crippen molar-refractivity contribution in [2.75, 3.05) is 20.2 Å². The summed E-state index contributed by atoms with van der Waals surface area (Å²) in [5.41, 5.74) is 0. The first-order chi connectivity index (χ1) is 7.22. The van der Waals surface area contributed by atoms with E-state index in [4.69, 9.17) is 9.84 Å². The van der Waals surface area contributed by atoms with Crippen LogP contribution in [-0.4, -0.2) is 48.3 Å². The van der Waals surface area contributed by atoms with Crippen LogP contribution in [0.25, 0.3) is 0 Å². The summed E-state index contributed by atoms with van der Waals surface area (Å²) >= 11 is 0. The molecule has 4 heteroatoms. The van der Waals surface area contributed by atoms with E-state index in [-0.39, 0.29) is 5.92 Å². The summed E-state index contributed by atoms with van der Waals surface area (Å²) in [6.07, 6.45) is 4.04. The molecular formula is C11H19NO3. The largest absolute Gasteiger partial charge is 0.479 e. The summed E-state index contributed by atoms with van der Waals surface area (Å²) in [7, 11) is 1.49. The average molecular weight is 213 g/mol. The van der Waals surface area contributed by atoms with E-state index in [0.717, 1.165) is 32.0 Å². The van der Waals surface area contributed by atoms with Crippen molar-refractivity contribution >= 4 is 5.97 Å². The number of hydrogen-bond donors (Lipinski definition) is 1. The molecule has 0 radical (unpaired) electrons. The van der Waals surface area contributed by atoms with Crippen LogP contribution in [0.5, 0.6) is 0 Å². The van der Waals surface area contributed by atoms with Gasteiger partial charge < -0.3 is 9.84 Å². The molecule has 1 aliphatic carbocycles. The molecule has 2 rings (SSSR count). The molecule has 15 heavy (non-hydrogen) atoms. The molecule has 2 atom stereocenters. The van der Waals surface area contributed by atoms with Gasteiger partial charge in [0.1, 0.15) is 0 Å². The molecule has 2 aliphatic rings. The second-order valence-electron chi connectivity index (χ2n) is 4.62. The molecule has 0 bridgehead atoms. The smallest absolute Gasteiger partial charge is 0.333 e. The van der Waals surface area contributed by atoms with Gasteiger partial charge >= 0.3 is 5.97 Å². The van der Waals surface area contributed by atoms with Crippen molar-refractivity contribution in [3.05, 3.63) is 0 Å². The summed E-state index contributed by atoms with van der Waals surface area (Å²) in [5.74, 6) is -0.651. The minimum Gasteiger partial charge on any atom is -0.479 e. The maximum absolute atomic E-state index is 11.0. The topological polar surface area (TPSA) is 49.8 Å². The molecule has 1 N–H and O–H groups in total. The number of carbonyl (C=O) groups is 1. The highest BCUT2D eigenvalue weighted by Gasteiger charge is 2.37. The van der Waals surface area contributed by atoms with Crippen LogP contribution in [0.4, 0.5) is 0 Å². The predicted molar refractivity (Wildman–Crippen MR) is 55.8 cm³/mol. The fourth-order valence-corrected chi connectivity index (χ4v) is 2.55.